The molecule has 0 unspecified atom stereocenters. The van der Waals surface area contributed by atoms with Gasteiger partial charge in [0.25, 0.3) is 5.91 Å². The molecule has 2 aliphatic rings. The highest BCUT2D eigenvalue weighted by Crippen LogP contribution is 2.37. The van der Waals surface area contributed by atoms with Gasteiger partial charge in [-0.3, -0.25) is 14.5 Å². The first kappa shape index (κ1) is 32.2. The Bertz CT molecular complexity index is 1440. The summed E-state index contributed by atoms with van der Waals surface area (Å²) < 4.78 is 39.7. The summed E-state index contributed by atoms with van der Waals surface area (Å²) in [5.41, 5.74) is 1.21. The molecule has 11 heteroatoms. The standard InChI is InChI=1S/C33H36ClF3N4O2S/c1-44-16-15-30(32(43)39-25-18-26-13-14-27(19-25)41(26)20-21-9-11-23(34)12-10-21)40-31(42)28-7-2-3-8-29(28)38-24-6-4-5-22(17-24)33(35,36)37/h2-12,17,25-27,30,38H,13-16,18-20H2,1H3,(H,39,43)(H,40,42)/t26-,27-,30-/m0/s1. The SMILES string of the molecule is CSCC[C@H](NC(=O)c1ccccc1Nc1cccc(C(F)(F)F)c1)C(=O)NC1C[C@@H]2CC[C@@H](C1)N2Cc1ccc(Cl)cc1. The number of benzene rings is 3. The van der Waals surface area contributed by atoms with Crippen LogP contribution >= 0.6 is 23.4 Å². The van der Waals surface area contributed by atoms with E-state index >= 15 is 0 Å². The van der Waals surface area contributed by atoms with Gasteiger partial charge in [0, 0.05) is 35.4 Å². The molecule has 0 spiro atoms. The lowest BCUT2D eigenvalue weighted by Gasteiger charge is -2.39. The van der Waals surface area contributed by atoms with Crippen LogP contribution in [0.3, 0.4) is 0 Å². The van der Waals surface area contributed by atoms with Gasteiger partial charge < -0.3 is 16.0 Å². The number of halogens is 4. The maximum atomic E-state index is 13.5. The van der Waals surface area contributed by atoms with Crippen LogP contribution in [-0.2, 0) is 17.5 Å². The molecule has 0 aliphatic carbocycles. The average Bonchev–Trinajstić information content (AvgIpc) is 3.22. The van der Waals surface area contributed by atoms with Crippen LogP contribution in [0.4, 0.5) is 24.5 Å². The molecule has 2 bridgehead atoms. The van der Waals surface area contributed by atoms with Crippen LogP contribution in [0, 0.1) is 0 Å². The maximum absolute atomic E-state index is 13.5. The fourth-order valence-electron chi connectivity index (χ4n) is 6.21. The molecule has 3 aromatic carbocycles. The molecule has 2 heterocycles. The molecule has 3 atom stereocenters. The Kier molecular flexibility index (Phi) is 10.4. The van der Waals surface area contributed by atoms with Crippen molar-refractivity contribution in [2.24, 2.45) is 0 Å². The Hall–Kier alpha value is -3.21. The lowest BCUT2D eigenvalue weighted by molar-refractivity contribution is -0.137. The number of alkyl halides is 3. The van der Waals surface area contributed by atoms with E-state index in [-0.39, 0.29) is 23.2 Å². The molecule has 5 rings (SSSR count). The summed E-state index contributed by atoms with van der Waals surface area (Å²) in [5.74, 6) is -0.0155. The Labute approximate surface area is 265 Å². The van der Waals surface area contributed by atoms with E-state index in [0.717, 1.165) is 49.4 Å². The Balaban J connectivity index is 1.23. The minimum atomic E-state index is -4.49. The maximum Gasteiger partial charge on any atom is 0.416 e. The minimum Gasteiger partial charge on any atom is -0.355 e. The predicted octanol–water partition coefficient (Wildman–Crippen LogP) is 7.27. The second kappa shape index (κ2) is 14.3. The van der Waals surface area contributed by atoms with Crippen molar-refractivity contribution in [3.8, 4) is 0 Å². The Morgan fingerprint density at radius 3 is 2.39 bits per heavy atom. The third-order valence-electron chi connectivity index (χ3n) is 8.38. The van der Waals surface area contributed by atoms with Crippen LogP contribution in [0.5, 0.6) is 0 Å². The number of anilines is 2. The minimum absolute atomic E-state index is 0.0185. The van der Waals surface area contributed by atoms with Crippen LogP contribution in [-0.4, -0.2) is 52.9 Å². The number of hydrogen-bond donors (Lipinski definition) is 3. The Morgan fingerprint density at radius 2 is 1.70 bits per heavy atom. The summed E-state index contributed by atoms with van der Waals surface area (Å²) in [6.45, 7) is 0.855. The van der Waals surface area contributed by atoms with Crippen LogP contribution in [0.15, 0.2) is 72.8 Å². The van der Waals surface area contributed by atoms with Crippen molar-refractivity contribution in [3.05, 3.63) is 94.5 Å². The summed E-state index contributed by atoms with van der Waals surface area (Å²) in [4.78, 5) is 29.6. The molecule has 6 nitrogen and oxygen atoms in total. The topological polar surface area (TPSA) is 73.5 Å². The molecule has 2 amide bonds. The van der Waals surface area contributed by atoms with Gasteiger partial charge in [-0.25, -0.2) is 0 Å². The van der Waals surface area contributed by atoms with Crippen molar-refractivity contribution in [1.29, 1.82) is 0 Å². The number of rotatable bonds is 11. The summed E-state index contributed by atoms with van der Waals surface area (Å²) in [5, 5.41) is 9.78. The third kappa shape index (κ3) is 8.08. The zero-order valence-corrected chi connectivity index (χ0v) is 25.9. The summed E-state index contributed by atoms with van der Waals surface area (Å²) >= 11 is 7.64. The summed E-state index contributed by atoms with van der Waals surface area (Å²) in [7, 11) is 0. The number of carbonyl (C=O) groups is 2. The molecule has 0 radical (unpaired) electrons. The van der Waals surface area contributed by atoms with E-state index in [4.69, 9.17) is 11.6 Å². The van der Waals surface area contributed by atoms with Crippen molar-refractivity contribution in [1.82, 2.24) is 15.5 Å². The number of nitrogens with zero attached hydrogens (tertiary/aromatic N) is 1. The molecule has 3 aromatic rings. The van der Waals surface area contributed by atoms with Gasteiger partial charge in [0.15, 0.2) is 0 Å². The fourth-order valence-corrected chi connectivity index (χ4v) is 6.81. The van der Waals surface area contributed by atoms with Gasteiger partial charge >= 0.3 is 6.18 Å². The van der Waals surface area contributed by atoms with E-state index in [2.05, 4.69) is 33.0 Å². The lowest BCUT2D eigenvalue weighted by atomic mass is 9.96. The molecule has 2 fully saturated rings. The molecule has 0 aromatic heterocycles. The van der Waals surface area contributed by atoms with Crippen molar-refractivity contribution in [3.63, 3.8) is 0 Å². The zero-order chi connectivity index (χ0) is 31.3. The van der Waals surface area contributed by atoms with Crippen LogP contribution in [0.25, 0.3) is 0 Å². The zero-order valence-electron chi connectivity index (χ0n) is 24.4. The molecular formula is C33H36ClF3N4O2S. The van der Waals surface area contributed by atoms with Gasteiger partial charge in [0.2, 0.25) is 5.91 Å². The molecule has 234 valence electrons. The number of hydrogen-bond acceptors (Lipinski definition) is 5. The fraction of sp³-hybridized carbons (Fsp3) is 0.394. The molecule has 2 aliphatic heterocycles. The van der Waals surface area contributed by atoms with Crippen molar-refractivity contribution in [2.45, 2.75) is 69.0 Å². The number of carbonyl (C=O) groups excluding carboxylic acids is 2. The molecule has 3 N–H and O–H groups in total. The lowest BCUT2D eigenvalue weighted by Crippen LogP contribution is -2.54. The van der Waals surface area contributed by atoms with E-state index in [1.807, 2.05) is 18.4 Å². The number of fused-ring (bicyclic) bond motifs is 2. The van der Waals surface area contributed by atoms with Gasteiger partial charge in [0.1, 0.15) is 6.04 Å². The van der Waals surface area contributed by atoms with Crippen molar-refractivity contribution < 1.29 is 22.8 Å². The largest absolute Gasteiger partial charge is 0.416 e. The van der Waals surface area contributed by atoms with Crippen molar-refractivity contribution in [2.75, 3.05) is 17.3 Å². The van der Waals surface area contributed by atoms with Crippen molar-refractivity contribution >= 4 is 46.6 Å². The van der Waals surface area contributed by atoms with E-state index in [0.29, 0.717) is 29.9 Å². The number of nitrogens with one attached hydrogen (secondary N) is 3. The highest BCUT2D eigenvalue weighted by molar-refractivity contribution is 7.98. The van der Waals surface area contributed by atoms with E-state index in [1.165, 1.54) is 17.7 Å². The molecule has 2 saturated heterocycles. The predicted molar refractivity (Wildman–Crippen MR) is 170 cm³/mol. The number of piperidine rings is 1. The monoisotopic (exact) mass is 644 g/mol. The second-order valence-corrected chi connectivity index (χ2v) is 12.8. The molecule has 44 heavy (non-hydrogen) atoms. The smallest absolute Gasteiger partial charge is 0.355 e. The molecular weight excluding hydrogens is 609 g/mol. The van der Waals surface area contributed by atoms with Crippen LogP contribution in [0.2, 0.25) is 5.02 Å². The van der Waals surface area contributed by atoms with E-state index < -0.39 is 23.7 Å². The third-order valence-corrected chi connectivity index (χ3v) is 9.28. The van der Waals surface area contributed by atoms with Crippen LogP contribution in [0.1, 0.15) is 53.6 Å². The first-order valence-corrected chi connectivity index (χ1v) is 16.5. The van der Waals surface area contributed by atoms with Gasteiger partial charge in [-0.15, -0.1) is 0 Å². The highest BCUT2D eigenvalue weighted by Gasteiger charge is 2.41. The van der Waals surface area contributed by atoms with Gasteiger partial charge in [-0.1, -0.05) is 41.9 Å². The number of thioether (sulfide) groups is 1. The van der Waals surface area contributed by atoms with E-state index in [9.17, 15) is 22.8 Å². The van der Waals surface area contributed by atoms with Crippen LogP contribution < -0.4 is 16.0 Å². The first-order chi connectivity index (χ1) is 21.1. The van der Waals surface area contributed by atoms with Gasteiger partial charge in [-0.2, -0.15) is 24.9 Å². The summed E-state index contributed by atoms with van der Waals surface area (Å²) in [6.07, 6.45) is 1.79. The van der Waals surface area contributed by atoms with Gasteiger partial charge in [-0.05, 0) is 92.1 Å². The number of para-hydroxylation sites is 1. The quantitative estimate of drug-likeness (QED) is 0.205. The van der Waals surface area contributed by atoms with Gasteiger partial charge in [0.05, 0.1) is 16.8 Å². The second-order valence-electron chi connectivity index (χ2n) is 11.4. The first-order valence-electron chi connectivity index (χ1n) is 14.7. The molecule has 0 saturated carbocycles. The highest BCUT2D eigenvalue weighted by atomic mass is 35.5. The Morgan fingerprint density at radius 1 is 1.00 bits per heavy atom. The number of amides is 2. The average molecular weight is 645 g/mol. The normalized spacial score (nSPS) is 20.6. The summed E-state index contributed by atoms with van der Waals surface area (Å²) in [6, 6.07) is 19.4. The van der Waals surface area contributed by atoms with E-state index in [1.54, 1.807) is 36.0 Å².